The number of rotatable bonds is 9. The minimum Gasteiger partial charge on any atom is -0.395 e. The first-order chi connectivity index (χ1) is 9.10. The van der Waals surface area contributed by atoms with E-state index in [1.165, 1.54) is 4.90 Å². The highest BCUT2D eigenvalue weighted by molar-refractivity contribution is 6.34. The molecule has 0 aliphatic carbocycles. The number of nitrogens with one attached hydrogen (secondary N) is 1. The number of aliphatic hydroxyl groups is 1. The predicted octanol–water partition coefficient (Wildman–Crippen LogP) is -0.325. The minimum atomic E-state index is -0.588. The van der Waals surface area contributed by atoms with Gasteiger partial charge < -0.3 is 20.2 Å². The Bertz CT molecular complexity index is 268. The van der Waals surface area contributed by atoms with Crippen molar-refractivity contribution in [3.8, 4) is 0 Å². The van der Waals surface area contributed by atoms with Crippen molar-refractivity contribution in [3.63, 3.8) is 0 Å². The molecule has 2 N–H and O–H groups in total. The molecular weight excluding hydrogens is 246 g/mol. The van der Waals surface area contributed by atoms with E-state index < -0.39 is 11.8 Å². The van der Waals surface area contributed by atoms with Crippen molar-refractivity contribution >= 4 is 11.8 Å². The fourth-order valence-electron chi connectivity index (χ4n) is 1.79. The van der Waals surface area contributed by atoms with Crippen molar-refractivity contribution in [3.05, 3.63) is 0 Å². The summed E-state index contributed by atoms with van der Waals surface area (Å²) in [6.45, 7) is 9.85. The minimum absolute atomic E-state index is 0.130. The van der Waals surface area contributed by atoms with Crippen molar-refractivity contribution in [1.82, 2.24) is 15.1 Å². The quantitative estimate of drug-likeness (QED) is 0.446. The standard InChI is InChI=1S/C13H27N3O3/c1-4-15(5-2)9-7-8-14-12(18)13(19)16(6-3)10-11-17/h17H,4-11H2,1-3H3,(H,14,18). The molecule has 0 rings (SSSR count). The number of carbonyl (C=O) groups excluding carboxylic acids is 2. The van der Waals surface area contributed by atoms with Crippen molar-refractivity contribution in [2.45, 2.75) is 27.2 Å². The van der Waals surface area contributed by atoms with E-state index in [0.717, 1.165) is 26.1 Å². The molecule has 19 heavy (non-hydrogen) atoms. The Morgan fingerprint density at radius 2 is 1.68 bits per heavy atom. The highest BCUT2D eigenvalue weighted by Crippen LogP contribution is 1.91. The topological polar surface area (TPSA) is 72.9 Å². The second-order valence-corrected chi connectivity index (χ2v) is 4.24. The summed E-state index contributed by atoms with van der Waals surface area (Å²) >= 11 is 0. The van der Waals surface area contributed by atoms with Crippen LogP contribution in [0.25, 0.3) is 0 Å². The molecule has 0 saturated heterocycles. The molecule has 0 aliphatic heterocycles. The largest absolute Gasteiger partial charge is 0.395 e. The summed E-state index contributed by atoms with van der Waals surface area (Å²) in [7, 11) is 0. The van der Waals surface area contributed by atoms with Crippen LogP contribution >= 0.6 is 0 Å². The fourth-order valence-corrected chi connectivity index (χ4v) is 1.79. The van der Waals surface area contributed by atoms with Crippen molar-refractivity contribution < 1.29 is 14.7 Å². The normalized spacial score (nSPS) is 10.6. The van der Waals surface area contributed by atoms with Gasteiger partial charge in [-0.3, -0.25) is 9.59 Å². The zero-order chi connectivity index (χ0) is 14.7. The molecule has 0 aromatic heterocycles. The van der Waals surface area contributed by atoms with Gasteiger partial charge in [0.15, 0.2) is 0 Å². The lowest BCUT2D eigenvalue weighted by Crippen LogP contribution is -2.44. The molecular formula is C13H27N3O3. The molecule has 0 spiro atoms. The Morgan fingerprint density at radius 3 is 2.16 bits per heavy atom. The molecule has 0 unspecified atom stereocenters. The maximum Gasteiger partial charge on any atom is 0.311 e. The van der Waals surface area contributed by atoms with Crippen molar-refractivity contribution in [2.75, 3.05) is 45.9 Å². The highest BCUT2D eigenvalue weighted by atomic mass is 16.3. The lowest BCUT2D eigenvalue weighted by molar-refractivity contribution is -0.146. The molecule has 0 aromatic carbocycles. The van der Waals surface area contributed by atoms with Crippen LogP contribution in [0.3, 0.4) is 0 Å². The van der Waals surface area contributed by atoms with Gasteiger partial charge in [-0.2, -0.15) is 0 Å². The predicted molar refractivity (Wildman–Crippen MR) is 74.8 cm³/mol. The van der Waals surface area contributed by atoms with E-state index in [1.807, 2.05) is 0 Å². The third-order valence-electron chi connectivity index (χ3n) is 3.06. The van der Waals surface area contributed by atoms with Gasteiger partial charge in [-0.05, 0) is 33.0 Å². The number of carbonyl (C=O) groups is 2. The average Bonchev–Trinajstić information content (AvgIpc) is 2.43. The summed E-state index contributed by atoms with van der Waals surface area (Å²) in [5.41, 5.74) is 0. The molecule has 0 saturated carbocycles. The van der Waals surface area contributed by atoms with Crippen LogP contribution in [0.4, 0.5) is 0 Å². The van der Waals surface area contributed by atoms with Gasteiger partial charge in [-0.1, -0.05) is 13.8 Å². The molecule has 0 aliphatic rings. The van der Waals surface area contributed by atoms with Crippen LogP contribution in [0.2, 0.25) is 0 Å². The first-order valence-corrected chi connectivity index (χ1v) is 7.00. The summed E-state index contributed by atoms with van der Waals surface area (Å²) in [6, 6.07) is 0. The first-order valence-electron chi connectivity index (χ1n) is 7.00. The van der Waals surface area contributed by atoms with Gasteiger partial charge >= 0.3 is 11.8 Å². The molecule has 0 bridgehead atoms. The van der Waals surface area contributed by atoms with Crippen LogP contribution < -0.4 is 5.32 Å². The van der Waals surface area contributed by atoms with E-state index in [4.69, 9.17) is 5.11 Å². The number of hydrogen-bond donors (Lipinski definition) is 2. The van der Waals surface area contributed by atoms with Crippen LogP contribution in [0.1, 0.15) is 27.2 Å². The Morgan fingerprint density at radius 1 is 1.05 bits per heavy atom. The third kappa shape index (κ3) is 7.12. The van der Waals surface area contributed by atoms with E-state index in [-0.39, 0.29) is 13.2 Å². The van der Waals surface area contributed by atoms with Crippen LogP contribution in [0, 0.1) is 0 Å². The van der Waals surface area contributed by atoms with E-state index in [1.54, 1.807) is 6.92 Å². The van der Waals surface area contributed by atoms with Gasteiger partial charge in [0.1, 0.15) is 0 Å². The van der Waals surface area contributed by atoms with Gasteiger partial charge in [0.2, 0.25) is 0 Å². The Kier molecular flexibility index (Phi) is 10.1. The van der Waals surface area contributed by atoms with Gasteiger partial charge in [0.25, 0.3) is 0 Å². The van der Waals surface area contributed by atoms with Gasteiger partial charge in [0.05, 0.1) is 6.61 Å². The molecule has 112 valence electrons. The fraction of sp³-hybridized carbons (Fsp3) is 0.846. The summed E-state index contributed by atoms with van der Waals surface area (Å²) < 4.78 is 0. The number of hydrogen-bond acceptors (Lipinski definition) is 4. The van der Waals surface area contributed by atoms with Gasteiger partial charge in [-0.15, -0.1) is 0 Å². The number of amides is 2. The molecule has 6 nitrogen and oxygen atoms in total. The zero-order valence-electron chi connectivity index (χ0n) is 12.3. The van der Waals surface area contributed by atoms with Crippen LogP contribution in [-0.2, 0) is 9.59 Å². The lowest BCUT2D eigenvalue weighted by Gasteiger charge is -2.20. The summed E-state index contributed by atoms with van der Waals surface area (Å²) in [4.78, 5) is 26.9. The molecule has 2 amide bonds. The van der Waals surface area contributed by atoms with Crippen LogP contribution in [-0.4, -0.2) is 72.6 Å². The third-order valence-corrected chi connectivity index (χ3v) is 3.06. The molecule has 6 heteroatoms. The Hall–Kier alpha value is -1.14. The van der Waals surface area contributed by atoms with Crippen LogP contribution in [0.5, 0.6) is 0 Å². The summed E-state index contributed by atoms with van der Waals surface area (Å²) in [6.07, 6.45) is 0.826. The van der Waals surface area contributed by atoms with Gasteiger partial charge in [0, 0.05) is 19.6 Å². The van der Waals surface area contributed by atoms with Crippen LogP contribution in [0.15, 0.2) is 0 Å². The Labute approximate surface area is 115 Å². The summed E-state index contributed by atoms with van der Waals surface area (Å²) in [5, 5.41) is 11.4. The average molecular weight is 273 g/mol. The lowest BCUT2D eigenvalue weighted by atomic mass is 10.3. The monoisotopic (exact) mass is 273 g/mol. The maximum atomic E-state index is 11.7. The molecule has 0 aromatic rings. The van der Waals surface area contributed by atoms with Crippen molar-refractivity contribution in [2.24, 2.45) is 0 Å². The Balaban J connectivity index is 3.93. The van der Waals surface area contributed by atoms with Gasteiger partial charge in [-0.25, -0.2) is 0 Å². The molecule has 0 heterocycles. The van der Waals surface area contributed by atoms with E-state index in [9.17, 15) is 9.59 Å². The second-order valence-electron chi connectivity index (χ2n) is 4.24. The SMILES string of the molecule is CCN(CC)CCCNC(=O)C(=O)N(CC)CCO. The van der Waals surface area contributed by atoms with Crippen molar-refractivity contribution in [1.29, 1.82) is 0 Å². The maximum absolute atomic E-state index is 11.7. The zero-order valence-corrected chi connectivity index (χ0v) is 12.3. The molecule has 0 atom stereocenters. The first kappa shape index (κ1) is 17.9. The smallest absolute Gasteiger partial charge is 0.311 e. The molecule has 0 fully saturated rings. The second kappa shape index (κ2) is 10.8. The van der Waals surface area contributed by atoms with E-state index >= 15 is 0 Å². The molecule has 0 radical (unpaired) electrons. The number of aliphatic hydroxyl groups excluding tert-OH is 1. The number of nitrogens with zero attached hydrogens (tertiary/aromatic N) is 2. The van der Waals surface area contributed by atoms with E-state index in [0.29, 0.717) is 13.1 Å². The highest BCUT2D eigenvalue weighted by Gasteiger charge is 2.19. The van der Waals surface area contributed by atoms with E-state index in [2.05, 4.69) is 24.1 Å². The number of likely N-dealkylation sites (N-methyl/N-ethyl adjacent to an activating group) is 1. The summed E-state index contributed by atoms with van der Waals surface area (Å²) in [5.74, 6) is -1.16.